The van der Waals surface area contributed by atoms with Gasteiger partial charge in [0.15, 0.2) is 0 Å². The van der Waals surface area contributed by atoms with E-state index in [1.165, 1.54) is 17.4 Å². The summed E-state index contributed by atoms with van der Waals surface area (Å²) in [6, 6.07) is 8.66. The molecular weight excluding hydrogens is 210 g/mol. The lowest BCUT2D eigenvalue weighted by molar-refractivity contribution is 0.348. The first-order valence-corrected chi connectivity index (χ1v) is 6.45. The Labute approximate surface area is 102 Å². The van der Waals surface area contributed by atoms with E-state index in [2.05, 4.69) is 36.5 Å². The summed E-state index contributed by atoms with van der Waals surface area (Å²) in [6.45, 7) is 6.58. The van der Waals surface area contributed by atoms with Crippen molar-refractivity contribution >= 4 is 11.0 Å². The number of piperidine rings is 1. The molecule has 2 atom stereocenters. The van der Waals surface area contributed by atoms with Gasteiger partial charge in [0, 0.05) is 5.39 Å². The number of furan rings is 1. The average molecular weight is 229 g/mol. The first kappa shape index (κ1) is 10.8. The van der Waals surface area contributed by atoms with Gasteiger partial charge >= 0.3 is 0 Å². The van der Waals surface area contributed by atoms with Gasteiger partial charge in [-0.25, -0.2) is 0 Å². The Hall–Kier alpha value is -1.28. The van der Waals surface area contributed by atoms with E-state index < -0.39 is 0 Å². The van der Waals surface area contributed by atoms with Gasteiger partial charge in [0.1, 0.15) is 11.3 Å². The Kier molecular flexibility index (Phi) is 2.67. The molecule has 1 aliphatic heterocycles. The zero-order chi connectivity index (χ0) is 11.8. The highest BCUT2D eigenvalue weighted by atomic mass is 16.3. The van der Waals surface area contributed by atoms with E-state index >= 15 is 0 Å². The van der Waals surface area contributed by atoms with E-state index in [1.54, 1.807) is 0 Å². The lowest BCUT2D eigenvalue weighted by atomic mass is 9.82. The molecule has 2 heterocycles. The summed E-state index contributed by atoms with van der Waals surface area (Å²) in [4.78, 5) is 0. The highest BCUT2D eigenvalue weighted by molar-refractivity contribution is 5.81. The molecule has 0 spiro atoms. The molecule has 2 aromatic rings. The van der Waals surface area contributed by atoms with E-state index in [1.807, 2.05) is 6.92 Å². The Morgan fingerprint density at radius 1 is 1.35 bits per heavy atom. The minimum absolute atomic E-state index is 0.630. The van der Waals surface area contributed by atoms with Crippen molar-refractivity contribution in [1.29, 1.82) is 0 Å². The molecular formula is C15H19NO. The number of aryl methyl sites for hydroxylation is 1. The van der Waals surface area contributed by atoms with E-state index in [4.69, 9.17) is 4.42 Å². The second-order valence-corrected chi connectivity index (χ2v) is 5.20. The average Bonchev–Trinajstić information content (AvgIpc) is 2.70. The van der Waals surface area contributed by atoms with Crippen LogP contribution in [-0.4, -0.2) is 13.1 Å². The van der Waals surface area contributed by atoms with Crippen molar-refractivity contribution in [3.63, 3.8) is 0 Å². The minimum atomic E-state index is 0.630. The van der Waals surface area contributed by atoms with Gasteiger partial charge in [-0.05, 0) is 49.9 Å². The summed E-state index contributed by atoms with van der Waals surface area (Å²) in [5.41, 5.74) is 2.49. The lowest BCUT2D eigenvalue weighted by Gasteiger charge is -2.29. The van der Waals surface area contributed by atoms with Crippen LogP contribution in [0.5, 0.6) is 0 Å². The lowest BCUT2D eigenvalue weighted by Crippen LogP contribution is -2.33. The van der Waals surface area contributed by atoms with Crippen LogP contribution >= 0.6 is 0 Å². The summed E-state index contributed by atoms with van der Waals surface area (Å²) < 4.78 is 5.88. The standard InChI is InChI=1S/C15H19NO/c1-10-9-16-7-6-13(10)14-5-3-4-12-8-11(2)17-15(12)14/h3-5,8,10,13,16H,6-7,9H2,1-2H3/t10-,13+/m0/s1. The molecule has 1 fully saturated rings. The highest BCUT2D eigenvalue weighted by Gasteiger charge is 2.25. The first-order chi connectivity index (χ1) is 8.25. The summed E-state index contributed by atoms with van der Waals surface area (Å²) in [6.07, 6.45) is 1.21. The summed E-state index contributed by atoms with van der Waals surface area (Å²) in [5, 5.41) is 4.70. The van der Waals surface area contributed by atoms with Crippen LogP contribution in [0.1, 0.15) is 30.6 Å². The summed E-state index contributed by atoms with van der Waals surface area (Å²) >= 11 is 0. The normalized spacial score (nSPS) is 25.3. The Balaban J connectivity index is 2.09. The van der Waals surface area contributed by atoms with Gasteiger partial charge in [-0.15, -0.1) is 0 Å². The van der Waals surface area contributed by atoms with E-state index in [-0.39, 0.29) is 0 Å². The molecule has 1 aliphatic rings. The maximum absolute atomic E-state index is 5.88. The van der Waals surface area contributed by atoms with Crippen molar-refractivity contribution in [2.75, 3.05) is 13.1 Å². The molecule has 2 heteroatoms. The van der Waals surface area contributed by atoms with Crippen LogP contribution in [0, 0.1) is 12.8 Å². The van der Waals surface area contributed by atoms with Crippen LogP contribution in [0.25, 0.3) is 11.0 Å². The van der Waals surface area contributed by atoms with Crippen molar-refractivity contribution in [3.8, 4) is 0 Å². The maximum Gasteiger partial charge on any atom is 0.137 e. The molecule has 1 aromatic carbocycles. The number of benzene rings is 1. The Morgan fingerprint density at radius 2 is 2.24 bits per heavy atom. The number of fused-ring (bicyclic) bond motifs is 1. The zero-order valence-electron chi connectivity index (χ0n) is 10.5. The van der Waals surface area contributed by atoms with Crippen molar-refractivity contribution in [2.45, 2.75) is 26.2 Å². The van der Waals surface area contributed by atoms with Gasteiger partial charge in [0.2, 0.25) is 0 Å². The van der Waals surface area contributed by atoms with Crippen LogP contribution in [0.3, 0.4) is 0 Å². The van der Waals surface area contributed by atoms with E-state index in [0.29, 0.717) is 11.8 Å². The first-order valence-electron chi connectivity index (χ1n) is 6.45. The van der Waals surface area contributed by atoms with Crippen LogP contribution in [-0.2, 0) is 0 Å². The molecule has 2 nitrogen and oxygen atoms in total. The third-order valence-electron chi connectivity index (χ3n) is 3.88. The van der Waals surface area contributed by atoms with Crippen LogP contribution in [0.2, 0.25) is 0 Å². The van der Waals surface area contributed by atoms with E-state index in [0.717, 1.165) is 24.4 Å². The van der Waals surface area contributed by atoms with Crippen molar-refractivity contribution in [2.24, 2.45) is 5.92 Å². The zero-order valence-corrected chi connectivity index (χ0v) is 10.5. The minimum Gasteiger partial charge on any atom is -0.461 e. The second kappa shape index (κ2) is 4.19. The van der Waals surface area contributed by atoms with Crippen LogP contribution in [0.15, 0.2) is 28.7 Å². The van der Waals surface area contributed by atoms with Crippen LogP contribution in [0.4, 0.5) is 0 Å². The molecule has 0 bridgehead atoms. The van der Waals surface area contributed by atoms with Gasteiger partial charge in [-0.1, -0.05) is 25.1 Å². The number of nitrogens with one attached hydrogen (secondary N) is 1. The molecule has 3 rings (SSSR count). The highest BCUT2D eigenvalue weighted by Crippen LogP contribution is 2.35. The van der Waals surface area contributed by atoms with Gasteiger partial charge < -0.3 is 9.73 Å². The van der Waals surface area contributed by atoms with Gasteiger partial charge in [0.05, 0.1) is 0 Å². The molecule has 0 amide bonds. The second-order valence-electron chi connectivity index (χ2n) is 5.20. The number of rotatable bonds is 1. The third-order valence-corrected chi connectivity index (χ3v) is 3.88. The smallest absolute Gasteiger partial charge is 0.137 e. The SMILES string of the molecule is Cc1cc2cccc([C@@H]3CCNC[C@@H]3C)c2o1. The molecule has 0 saturated carbocycles. The largest absolute Gasteiger partial charge is 0.461 e. The third kappa shape index (κ3) is 1.87. The maximum atomic E-state index is 5.88. The number of hydrogen-bond donors (Lipinski definition) is 1. The van der Waals surface area contributed by atoms with Crippen molar-refractivity contribution in [1.82, 2.24) is 5.32 Å². The Bertz CT molecular complexity index is 529. The monoisotopic (exact) mass is 229 g/mol. The summed E-state index contributed by atoms with van der Waals surface area (Å²) in [5.74, 6) is 2.32. The fourth-order valence-electron chi connectivity index (χ4n) is 2.98. The molecule has 1 aromatic heterocycles. The molecule has 0 unspecified atom stereocenters. The van der Waals surface area contributed by atoms with Crippen LogP contribution < -0.4 is 5.32 Å². The molecule has 0 radical (unpaired) electrons. The predicted octanol–water partition coefficient (Wildman–Crippen LogP) is 3.45. The fraction of sp³-hybridized carbons (Fsp3) is 0.467. The number of hydrogen-bond acceptors (Lipinski definition) is 2. The van der Waals surface area contributed by atoms with Gasteiger partial charge in [-0.2, -0.15) is 0 Å². The van der Waals surface area contributed by atoms with Gasteiger partial charge in [-0.3, -0.25) is 0 Å². The quantitative estimate of drug-likeness (QED) is 0.810. The molecule has 1 saturated heterocycles. The topological polar surface area (TPSA) is 25.2 Å². The summed E-state index contributed by atoms with van der Waals surface area (Å²) in [7, 11) is 0. The van der Waals surface area contributed by atoms with Crippen molar-refractivity contribution < 1.29 is 4.42 Å². The molecule has 17 heavy (non-hydrogen) atoms. The fourth-order valence-corrected chi connectivity index (χ4v) is 2.98. The molecule has 90 valence electrons. The molecule has 1 N–H and O–H groups in total. The predicted molar refractivity (Wildman–Crippen MR) is 70.3 cm³/mol. The Morgan fingerprint density at radius 3 is 3.06 bits per heavy atom. The number of para-hydroxylation sites is 1. The van der Waals surface area contributed by atoms with E-state index in [9.17, 15) is 0 Å². The van der Waals surface area contributed by atoms with Gasteiger partial charge in [0.25, 0.3) is 0 Å². The van der Waals surface area contributed by atoms with Crippen molar-refractivity contribution in [3.05, 3.63) is 35.6 Å². The molecule has 0 aliphatic carbocycles.